The predicted octanol–water partition coefficient (Wildman–Crippen LogP) is 4.92. The molecule has 0 aliphatic carbocycles. The van der Waals surface area contributed by atoms with Gasteiger partial charge in [-0.1, -0.05) is 17.7 Å². The van der Waals surface area contributed by atoms with Crippen LogP contribution in [0.5, 0.6) is 0 Å². The number of carbonyl (C=O) groups excluding carboxylic acids is 1. The van der Waals surface area contributed by atoms with Crippen molar-refractivity contribution in [3.63, 3.8) is 0 Å². The van der Waals surface area contributed by atoms with Crippen molar-refractivity contribution in [1.29, 1.82) is 0 Å². The summed E-state index contributed by atoms with van der Waals surface area (Å²) in [6, 6.07) is 9.07. The Bertz CT molecular complexity index is 1180. The van der Waals surface area contributed by atoms with Crippen molar-refractivity contribution >= 4 is 28.9 Å². The number of hydrogen-bond acceptors (Lipinski definition) is 7. The minimum atomic E-state index is -0.640. The summed E-state index contributed by atoms with van der Waals surface area (Å²) in [5, 5.41) is 6.53. The molecule has 29 heavy (non-hydrogen) atoms. The fourth-order valence-electron chi connectivity index (χ4n) is 2.82. The zero-order valence-corrected chi connectivity index (χ0v) is 17.5. The highest BCUT2D eigenvalue weighted by Gasteiger charge is 2.19. The van der Waals surface area contributed by atoms with E-state index in [0.717, 1.165) is 16.3 Å². The molecule has 4 aromatic heterocycles. The molecule has 0 aliphatic rings. The summed E-state index contributed by atoms with van der Waals surface area (Å²) in [5.41, 5.74) is 2.33. The van der Waals surface area contributed by atoms with Crippen LogP contribution in [0.1, 0.15) is 33.3 Å². The quantitative estimate of drug-likeness (QED) is 0.419. The van der Waals surface area contributed by atoms with Crippen LogP contribution in [0.2, 0.25) is 5.02 Å². The molecule has 0 saturated heterocycles. The lowest BCUT2D eigenvalue weighted by Gasteiger charge is -2.08. The number of nitrogens with zero attached hydrogens (tertiary/aromatic N) is 4. The molecule has 0 spiro atoms. The summed E-state index contributed by atoms with van der Waals surface area (Å²) in [4.78, 5) is 22.3. The third kappa shape index (κ3) is 3.94. The molecule has 0 saturated carbocycles. The number of aryl methyl sites for hydroxylation is 3. The van der Waals surface area contributed by atoms with Gasteiger partial charge < -0.3 is 9.15 Å². The first kappa shape index (κ1) is 19.4. The van der Waals surface area contributed by atoms with E-state index in [1.165, 1.54) is 11.3 Å². The average Bonchev–Trinajstić information content (AvgIpc) is 3.41. The molecule has 0 fully saturated rings. The van der Waals surface area contributed by atoms with Crippen LogP contribution in [0.4, 0.5) is 0 Å². The van der Waals surface area contributed by atoms with Crippen molar-refractivity contribution in [1.82, 2.24) is 19.7 Å². The topological polar surface area (TPSA) is 83.0 Å². The van der Waals surface area contributed by atoms with Crippen LogP contribution in [0, 0.1) is 20.8 Å². The Labute approximate surface area is 175 Å². The normalized spacial score (nSPS) is 11.0. The van der Waals surface area contributed by atoms with Crippen molar-refractivity contribution in [2.45, 2.75) is 27.4 Å². The molecule has 0 aliphatic heterocycles. The summed E-state index contributed by atoms with van der Waals surface area (Å²) in [5.74, 6) is 0.950. The lowest BCUT2D eigenvalue weighted by molar-refractivity contribution is 0.0460. The van der Waals surface area contributed by atoms with E-state index in [-0.39, 0.29) is 17.3 Å². The summed E-state index contributed by atoms with van der Waals surface area (Å²) >= 11 is 7.71. The minimum Gasteiger partial charge on any atom is -0.454 e. The van der Waals surface area contributed by atoms with Crippen LogP contribution in [-0.2, 0) is 11.3 Å². The molecule has 7 nitrogen and oxygen atoms in total. The summed E-state index contributed by atoms with van der Waals surface area (Å²) in [7, 11) is 0. The molecule has 0 N–H and O–H groups in total. The van der Waals surface area contributed by atoms with Crippen LogP contribution in [0.15, 0.2) is 40.1 Å². The summed E-state index contributed by atoms with van der Waals surface area (Å²) in [6.07, 6.45) is 0. The van der Waals surface area contributed by atoms with Crippen molar-refractivity contribution in [2.75, 3.05) is 0 Å². The molecule has 148 valence electrons. The fourth-order valence-corrected chi connectivity index (χ4v) is 3.66. The van der Waals surface area contributed by atoms with Crippen LogP contribution >= 0.6 is 22.9 Å². The largest absolute Gasteiger partial charge is 0.454 e. The van der Waals surface area contributed by atoms with E-state index in [4.69, 9.17) is 20.8 Å². The van der Waals surface area contributed by atoms with E-state index in [9.17, 15) is 4.79 Å². The first-order valence-electron chi connectivity index (χ1n) is 8.80. The number of esters is 1. The highest BCUT2D eigenvalue weighted by Crippen LogP contribution is 2.26. The maximum atomic E-state index is 12.6. The molecular formula is C20H17ClN4O3S. The van der Waals surface area contributed by atoms with E-state index < -0.39 is 5.97 Å². The van der Waals surface area contributed by atoms with E-state index >= 15 is 0 Å². The molecule has 0 amide bonds. The molecule has 0 atom stereocenters. The van der Waals surface area contributed by atoms with Gasteiger partial charge in [0.2, 0.25) is 5.89 Å². The predicted molar refractivity (Wildman–Crippen MR) is 110 cm³/mol. The molecule has 9 heteroatoms. The van der Waals surface area contributed by atoms with E-state index in [0.29, 0.717) is 23.2 Å². The van der Waals surface area contributed by atoms with Gasteiger partial charge in [0.15, 0.2) is 11.5 Å². The van der Waals surface area contributed by atoms with Crippen molar-refractivity contribution in [2.24, 2.45) is 0 Å². The summed E-state index contributed by atoms with van der Waals surface area (Å²) in [6.45, 7) is 5.54. The van der Waals surface area contributed by atoms with Crippen LogP contribution < -0.4 is 0 Å². The van der Waals surface area contributed by atoms with E-state index in [2.05, 4.69) is 15.1 Å². The Morgan fingerprint density at radius 2 is 2.07 bits per heavy atom. The molecule has 0 unspecified atom stereocenters. The standard InChI is InChI=1S/C20H17ClN4O3S/c1-11-9-12(2)25(24-11)17-7-6-14(21)18(23-17)20(26)27-10-15-13(3)28-19(22-15)16-5-4-8-29-16/h4-9H,10H2,1-3H3. The lowest BCUT2D eigenvalue weighted by atomic mass is 10.3. The van der Waals surface area contributed by atoms with Crippen molar-refractivity contribution in [3.8, 4) is 16.6 Å². The number of thiophene rings is 1. The first-order valence-corrected chi connectivity index (χ1v) is 10.1. The Morgan fingerprint density at radius 1 is 1.24 bits per heavy atom. The number of aromatic nitrogens is 4. The molecule has 0 aromatic carbocycles. The zero-order valence-electron chi connectivity index (χ0n) is 16.0. The SMILES string of the molecule is Cc1cc(C)n(-c2ccc(Cl)c(C(=O)OCc3nc(-c4cccs4)oc3C)n2)n1. The Balaban J connectivity index is 1.53. The molecular weight excluding hydrogens is 412 g/mol. The maximum absolute atomic E-state index is 12.6. The van der Waals surface area contributed by atoms with Gasteiger partial charge in [0.1, 0.15) is 18.1 Å². The van der Waals surface area contributed by atoms with Gasteiger partial charge in [0.05, 0.1) is 15.6 Å². The number of carbonyl (C=O) groups is 1. The Kier molecular flexibility index (Phi) is 5.21. The van der Waals surface area contributed by atoms with E-state index in [1.807, 2.05) is 37.4 Å². The zero-order chi connectivity index (χ0) is 20.5. The second-order valence-electron chi connectivity index (χ2n) is 6.41. The number of pyridine rings is 1. The fraction of sp³-hybridized carbons (Fsp3) is 0.200. The van der Waals surface area contributed by atoms with E-state index in [1.54, 1.807) is 23.7 Å². The lowest BCUT2D eigenvalue weighted by Crippen LogP contribution is -2.12. The highest BCUT2D eigenvalue weighted by molar-refractivity contribution is 7.13. The smallest absolute Gasteiger partial charge is 0.358 e. The van der Waals surface area contributed by atoms with Crippen LogP contribution in [-0.4, -0.2) is 25.7 Å². The highest BCUT2D eigenvalue weighted by atomic mass is 35.5. The Hall–Kier alpha value is -2.97. The number of oxazole rings is 1. The molecule has 0 bridgehead atoms. The minimum absolute atomic E-state index is 0.0244. The number of rotatable bonds is 5. The Morgan fingerprint density at radius 3 is 2.76 bits per heavy atom. The molecule has 4 rings (SSSR count). The average molecular weight is 429 g/mol. The second-order valence-corrected chi connectivity index (χ2v) is 7.77. The van der Waals surface area contributed by atoms with Gasteiger partial charge >= 0.3 is 5.97 Å². The number of halogens is 1. The van der Waals surface area contributed by atoms with Crippen LogP contribution in [0.3, 0.4) is 0 Å². The maximum Gasteiger partial charge on any atom is 0.358 e. The van der Waals surface area contributed by atoms with Gasteiger partial charge in [-0.2, -0.15) is 5.10 Å². The van der Waals surface area contributed by atoms with Gasteiger partial charge in [0, 0.05) is 5.69 Å². The van der Waals surface area contributed by atoms with Crippen molar-refractivity contribution in [3.05, 3.63) is 69.3 Å². The molecule has 0 radical (unpaired) electrons. The van der Waals surface area contributed by atoms with Crippen molar-refractivity contribution < 1.29 is 13.9 Å². The molecule has 4 aromatic rings. The second kappa shape index (κ2) is 7.81. The monoisotopic (exact) mass is 428 g/mol. The third-order valence-electron chi connectivity index (χ3n) is 4.22. The number of ether oxygens (including phenoxy) is 1. The van der Waals surface area contributed by atoms with Gasteiger partial charge in [-0.05, 0) is 50.4 Å². The molecule has 4 heterocycles. The first-order chi connectivity index (χ1) is 13.9. The van der Waals surface area contributed by atoms with Crippen LogP contribution in [0.25, 0.3) is 16.6 Å². The van der Waals surface area contributed by atoms with Gasteiger partial charge in [-0.15, -0.1) is 11.3 Å². The third-order valence-corrected chi connectivity index (χ3v) is 5.38. The van der Waals surface area contributed by atoms with Gasteiger partial charge in [0.25, 0.3) is 0 Å². The van der Waals surface area contributed by atoms with Gasteiger partial charge in [-0.25, -0.2) is 19.4 Å². The summed E-state index contributed by atoms with van der Waals surface area (Å²) < 4.78 is 12.7. The number of hydrogen-bond donors (Lipinski definition) is 0. The van der Waals surface area contributed by atoms with Gasteiger partial charge in [-0.3, -0.25) is 0 Å².